The number of carbonyl (C=O) groups is 1. The molecule has 1 unspecified atom stereocenters. The number of aromatic nitrogens is 2. The van der Waals surface area contributed by atoms with Crippen molar-refractivity contribution in [1.82, 2.24) is 9.97 Å². The van der Waals surface area contributed by atoms with Gasteiger partial charge in [-0.1, -0.05) is 78.3 Å². The lowest BCUT2D eigenvalue weighted by atomic mass is 9.98. The van der Waals surface area contributed by atoms with E-state index in [1.54, 1.807) is 18.5 Å². The standard InChI is InChI=1S/C30H27ClF2N2O3/c1-19(26-5-3-4-6-27(26)31)38-29-28(34-15-16-35-29)23-11-7-21(8-12-23)17-25(37)18-22-9-13-24(14-10-22)30(32,33)20(2)36/h3-16,19-20,36H,17-18H2,1-2H3/t19-,20?/m0/s1. The van der Waals surface area contributed by atoms with Crippen LogP contribution in [-0.2, 0) is 23.6 Å². The number of hydrogen-bond donors (Lipinski definition) is 1. The number of ether oxygens (including phenoxy) is 1. The van der Waals surface area contributed by atoms with Crippen molar-refractivity contribution in [1.29, 1.82) is 0 Å². The van der Waals surface area contributed by atoms with Crippen LogP contribution >= 0.6 is 11.6 Å². The van der Waals surface area contributed by atoms with Gasteiger partial charge in [-0.3, -0.25) is 4.79 Å². The molecule has 1 N–H and O–H groups in total. The Kier molecular flexibility index (Phi) is 8.49. The van der Waals surface area contributed by atoms with Gasteiger partial charge in [0.15, 0.2) is 0 Å². The van der Waals surface area contributed by atoms with E-state index in [0.717, 1.165) is 23.6 Å². The third-order valence-corrected chi connectivity index (χ3v) is 6.53. The van der Waals surface area contributed by atoms with Crippen LogP contribution in [0.25, 0.3) is 11.3 Å². The lowest BCUT2D eigenvalue weighted by molar-refractivity contribution is -0.117. The molecule has 0 saturated heterocycles. The highest BCUT2D eigenvalue weighted by Crippen LogP contribution is 2.33. The maximum atomic E-state index is 14.0. The van der Waals surface area contributed by atoms with Crippen LogP contribution in [0, 0.1) is 0 Å². The van der Waals surface area contributed by atoms with E-state index >= 15 is 0 Å². The highest BCUT2D eigenvalue weighted by Gasteiger charge is 2.37. The Balaban J connectivity index is 1.41. The zero-order chi connectivity index (χ0) is 27.3. The minimum absolute atomic E-state index is 0.0510. The van der Waals surface area contributed by atoms with E-state index in [2.05, 4.69) is 9.97 Å². The average Bonchev–Trinajstić information content (AvgIpc) is 2.90. The second-order valence-electron chi connectivity index (χ2n) is 9.08. The van der Waals surface area contributed by atoms with Crippen LogP contribution in [0.3, 0.4) is 0 Å². The summed E-state index contributed by atoms with van der Waals surface area (Å²) in [6, 6.07) is 20.3. The van der Waals surface area contributed by atoms with E-state index in [9.17, 15) is 18.7 Å². The van der Waals surface area contributed by atoms with Gasteiger partial charge < -0.3 is 9.84 Å². The number of rotatable bonds is 10. The van der Waals surface area contributed by atoms with Crippen LogP contribution in [0.4, 0.5) is 8.78 Å². The summed E-state index contributed by atoms with van der Waals surface area (Å²) in [4.78, 5) is 21.4. The Labute approximate surface area is 225 Å². The largest absolute Gasteiger partial charge is 0.468 e. The van der Waals surface area contributed by atoms with Gasteiger partial charge in [-0.2, -0.15) is 8.78 Å². The number of aliphatic hydroxyl groups is 1. The topological polar surface area (TPSA) is 72.3 Å². The Morgan fingerprint density at radius 3 is 2.11 bits per heavy atom. The summed E-state index contributed by atoms with van der Waals surface area (Å²) in [5, 5.41) is 9.90. The van der Waals surface area contributed by atoms with Crippen molar-refractivity contribution < 1.29 is 23.4 Å². The molecule has 1 heterocycles. The number of benzene rings is 3. The molecule has 0 aliphatic carbocycles. The quantitative estimate of drug-likeness (QED) is 0.242. The first-order valence-corrected chi connectivity index (χ1v) is 12.5. The number of ketones is 1. The van der Waals surface area contributed by atoms with E-state index in [-0.39, 0.29) is 30.3 Å². The smallest absolute Gasteiger partial charge is 0.298 e. The molecule has 3 aromatic carbocycles. The molecule has 0 saturated carbocycles. The molecule has 38 heavy (non-hydrogen) atoms. The fraction of sp³-hybridized carbons (Fsp3) is 0.233. The van der Waals surface area contributed by atoms with Gasteiger partial charge in [-0.25, -0.2) is 9.97 Å². The molecule has 5 nitrogen and oxygen atoms in total. The van der Waals surface area contributed by atoms with E-state index in [4.69, 9.17) is 16.3 Å². The maximum Gasteiger partial charge on any atom is 0.298 e. The minimum Gasteiger partial charge on any atom is -0.468 e. The third-order valence-electron chi connectivity index (χ3n) is 6.19. The zero-order valence-electron chi connectivity index (χ0n) is 20.9. The van der Waals surface area contributed by atoms with E-state index in [0.29, 0.717) is 22.2 Å². The predicted molar refractivity (Wildman–Crippen MR) is 142 cm³/mol. The van der Waals surface area contributed by atoms with Crippen LogP contribution in [-0.4, -0.2) is 27.0 Å². The summed E-state index contributed by atoms with van der Waals surface area (Å²) in [7, 11) is 0. The van der Waals surface area contributed by atoms with Gasteiger partial charge in [0.2, 0.25) is 5.88 Å². The molecule has 0 amide bonds. The number of halogens is 3. The van der Waals surface area contributed by atoms with Crippen molar-refractivity contribution in [2.45, 2.75) is 44.8 Å². The van der Waals surface area contributed by atoms with Crippen LogP contribution in [0.2, 0.25) is 5.02 Å². The molecule has 2 atom stereocenters. The molecule has 0 aliphatic heterocycles. The van der Waals surface area contributed by atoms with Crippen molar-refractivity contribution >= 4 is 17.4 Å². The fourth-order valence-corrected chi connectivity index (χ4v) is 4.32. The van der Waals surface area contributed by atoms with Gasteiger partial charge in [0.25, 0.3) is 5.92 Å². The minimum atomic E-state index is -3.34. The van der Waals surface area contributed by atoms with Gasteiger partial charge in [0, 0.05) is 46.9 Å². The highest BCUT2D eigenvalue weighted by molar-refractivity contribution is 6.31. The van der Waals surface area contributed by atoms with Crippen LogP contribution in [0.5, 0.6) is 5.88 Å². The molecule has 0 radical (unpaired) electrons. The van der Waals surface area contributed by atoms with E-state index < -0.39 is 12.0 Å². The van der Waals surface area contributed by atoms with Gasteiger partial charge in [0.05, 0.1) is 0 Å². The molecule has 1 aromatic heterocycles. The van der Waals surface area contributed by atoms with Crippen LogP contribution < -0.4 is 4.74 Å². The van der Waals surface area contributed by atoms with Crippen molar-refractivity contribution in [3.63, 3.8) is 0 Å². The number of hydrogen-bond acceptors (Lipinski definition) is 5. The molecule has 0 aliphatic rings. The molecule has 0 fully saturated rings. The molecule has 0 bridgehead atoms. The Morgan fingerprint density at radius 2 is 1.50 bits per heavy atom. The summed E-state index contributed by atoms with van der Waals surface area (Å²) in [6.45, 7) is 2.93. The first-order chi connectivity index (χ1) is 18.1. The van der Waals surface area contributed by atoms with Gasteiger partial charge in [0.1, 0.15) is 23.7 Å². The first-order valence-electron chi connectivity index (χ1n) is 12.1. The first kappa shape index (κ1) is 27.4. The van der Waals surface area contributed by atoms with Crippen LogP contribution in [0.1, 0.15) is 42.2 Å². The third kappa shape index (κ3) is 6.41. The highest BCUT2D eigenvalue weighted by atomic mass is 35.5. The average molecular weight is 537 g/mol. The predicted octanol–water partition coefficient (Wildman–Crippen LogP) is 6.76. The van der Waals surface area contributed by atoms with Gasteiger partial charge in [-0.15, -0.1) is 0 Å². The van der Waals surface area contributed by atoms with E-state index in [1.807, 2.05) is 49.4 Å². The number of nitrogens with zero attached hydrogens (tertiary/aromatic N) is 2. The monoisotopic (exact) mass is 536 g/mol. The van der Waals surface area contributed by atoms with Crippen molar-refractivity contribution in [3.05, 3.63) is 112 Å². The SMILES string of the molecule is CC(O)C(F)(F)c1ccc(CC(=O)Cc2ccc(-c3nccnc3O[C@@H](C)c3ccccc3Cl)cc2)cc1. The van der Waals surface area contributed by atoms with Crippen molar-refractivity contribution in [2.24, 2.45) is 0 Å². The lowest BCUT2D eigenvalue weighted by Gasteiger charge is -2.19. The number of Topliss-reactive ketones (excluding diaryl/α,β-unsaturated/α-hetero) is 1. The molecule has 4 rings (SSSR count). The second kappa shape index (κ2) is 11.8. The normalized spacial score (nSPS) is 13.1. The molecule has 8 heteroatoms. The summed E-state index contributed by atoms with van der Waals surface area (Å²) >= 11 is 6.31. The van der Waals surface area contributed by atoms with Gasteiger partial charge in [-0.05, 0) is 31.0 Å². The van der Waals surface area contributed by atoms with Crippen molar-refractivity contribution in [2.75, 3.05) is 0 Å². The molecule has 4 aromatic rings. The lowest BCUT2D eigenvalue weighted by Crippen LogP contribution is -2.27. The fourth-order valence-electron chi connectivity index (χ4n) is 4.03. The molecular weight excluding hydrogens is 510 g/mol. The number of carbonyl (C=O) groups excluding carboxylic acids is 1. The second-order valence-corrected chi connectivity index (χ2v) is 9.48. The Bertz CT molecular complexity index is 1390. The molecular formula is C30H27ClF2N2O3. The summed E-state index contributed by atoms with van der Waals surface area (Å²) in [5.41, 5.74) is 3.35. The number of alkyl halides is 2. The van der Waals surface area contributed by atoms with Crippen LogP contribution in [0.15, 0.2) is 85.2 Å². The molecule has 196 valence electrons. The Morgan fingerprint density at radius 1 is 0.921 bits per heavy atom. The summed E-state index contributed by atoms with van der Waals surface area (Å²) in [5.74, 6) is -3.02. The maximum absolute atomic E-state index is 14.0. The Hall–Kier alpha value is -3.68. The zero-order valence-corrected chi connectivity index (χ0v) is 21.7. The summed E-state index contributed by atoms with van der Waals surface area (Å²) in [6.07, 6.45) is 1.31. The van der Waals surface area contributed by atoms with Crippen molar-refractivity contribution in [3.8, 4) is 17.1 Å². The van der Waals surface area contributed by atoms with E-state index in [1.165, 1.54) is 24.3 Å². The van der Waals surface area contributed by atoms with Gasteiger partial charge >= 0.3 is 0 Å². The molecule has 0 spiro atoms. The summed E-state index contributed by atoms with van der Waals surface area (Å²) < 4.78 is 34.0. The number of aliphatic hydroxyl groups excluding tert-OH is 1.